The third-order valence-electron chi connectivity index (χ3n) is 1.07. The van der Waals surface area contributed by atoms with Crippen LogP contribution in [0.15, 0.2) is 30.3 Å². The van der Waals surface area contributed by atoms with Gasteiger partial charge in [0.15, 0.2) is 6.19 Å². The Morgan fingerprint density at radius 2 is 1.90 bits per heavy atom. The molecule has 0 radical (unpaired) electrons. The topological polar surface area (TPSA) is 27.0 Å². The molecule has 0 aromatic heterocycles. The summed E-state index contributed by atoms with van der Waals surface area (Å²) in [5.41, 5.74) is 0.687. The van der Waals surface area contributed by atoms with E-state index >= 15 is 0 Å². The highest BCUT2D eigenvalue weighted by atomic mass is 35.5. The van der Waals surface area contributed by atoms with E-state index in [0.29, 0.717) is 5.69 Å². The van der Waals surface area contributed by atoms with Crippen molar-refractivity contribution in [1.82, 2.24) is 0 Å². The Labute approximate surface area is 64.4 Å². The highest BCUT2D eigenvalue weighted by Crippen LogP contribution is 2.13. The predicted molar refractivity (Wildman–Crippen MR) is 40.4 cm³/mol. The summed E-state index contributed by atoms with van der Waals surface area (Å²) in [6.45, 7) is 0. The first-order valence-corrected chi connectivity index (χ1v) is 3.09. The fourth-order valence-corrected chi connectivity index (χ4v) is 0.729. The molecule has 0 spiro atoms. The molecule has 0 amide bonds. The average molecular weight is 153 g/mol. The van der Waals surface area contributed by atoms with Crippen LogP contribution in [0.5, 0.6) is 0 Å². The lowest BCUT2D eigenvalue weighted by molar-refractivity contribution is 1.38. The largest absolute Gasteiger partial charge is 0.200 e. The molecule has 0 saturated heterocycles. The van der Waals surface area contributed by atoms with E-state index in [1.54, 1.807) is 18.3 Å². The SMILES string of the molecule is N#CN(Cl)c1ccccc1. The van der Waals surface area contributed by atoms with Gasteiger partial charge in [-0.25, -0.2) is 0 Å². The molecule has 0 heterocycles. The number of benzene rings is 1. The number of anilines is 1. The molecular weight excluding hydrogens is 148 g/mol. The van der Waals surface area contributed by atoms with Gasteiger partial charge in [0.1, 0.15) is 0 Å². The van der Waals surface area contributed by atoms with Gasteiger partial charge in [-0.2, -0.15) is 9.68 Å². The monoisotopic (exact) mass is 152 g/mol. The summed E-state index contributed by atoms with van der Waals surface area (Å²) in [7, 11) is 0. The Balaban J connectivity index is 2.88. The first kappa shape index (κ1) is 6.91. The fraction of sp³-hybridized carbons (Fsp3) is 0. The Morgan fingerprint density at radius 1 is 1.30 bits per heavy atom. The van der Waals surface area contributed by atoms with Crippen LogP contribution in [0, 0.1) is 11.5 Å². The number of hydrogen-bond donors (Lipinski definition) is 0. The molecule has 10 heavy (non-hydrogen) atoms. The van der Waals surface area contributed by atoms with Gasteiger partial charge in [0.05, 0.1) is 5.69 Å². The van der Waals surface area contributed by atoms with E-state index in [-0.39, 0.29) is 0 Å². The van der Waals surface area contributed by atoms with Gasteiger partial charge in [-0.1, -0.05) is 18.2 Å². The van der Waals surface area contributed by atoms with E-state index in [1.165, 1.54) is 0 Å². The summed E-state index contributed by atoms with van der Waals surface area (Å²) in [4.78, 5) is 0. The maximum Gasteiger partial charge on any atom is 0.200 e. The molecule has 0 N–H and O–H groups in total. The molecule has 2 nitrogen and oxygen atoms in total. The van der Waals surface area contributed by atoms with Crippen LogP contribution in [-0.2, 0) is 0 Å². The van der Waals surface area contributed by atoms with Gasteiger partial charge in [0.2, 0.25) is 0 Å². The van der Waals surface area contributed by atoms with Crippen molar-refractivity contribution < 1.29 is 0 Å². The normalized spacial score (nSPS) is 8.40. The van der Waals surface area contributed by atoms with Crippen molar-refractivity contribution in [3.63, 3.8) is 0 Å². The van der Waals surface area contributed by atoms with Crippen LogP contribution < -0.4 is 4.42 Å². The summed E-state index contributed by atoms with van der Waals surface area (Å²) in [5.74, 6) is 0. The van der Waals surface area contributed by atoms with E-state index < -0.39 is 0 Å². The van der Waals surface area contributed by atoms with Gasteiger partial charge < -0.3 is 0 Å². The van der Waals surface area contributed by atoms with E-state index in [9.17, 15) is 0 Å². The molecular formula is C7H5ClN2. The number of para-hydroxylation sites is 1. The Bertz CT molecular complexity index is 240. The number of nitriles is 1. The number of hydrogen-bond acceptors (Lipinski definition) is 2. The van der Waals surface area contributed by atoms with Crippen LogP contribution in [0.4, 0.5) is 5.69 Å². The summed E-state index contributed by atoms with van der Waals surface area (Å²) in [5, 5.41) is 8.33. The Hall–Kier alpha value is -1.20. The van der Waals surface area contributed by atoms with Crippen LogP contribution >= 0.6 is 11.8 Å². The lowest BCUT2D eigenvalue weighted by Crippen LogP contribution is -1.98. The minimum Gasteiger partial charge on any atom is -0.188 e. The lowest BCUT2D eigenvalue weighted by Gasteiger charge is -2.02. The second-order valence-corrected chi connectivity index (χ2v) is 2.05. The van der Waals surface area contributed by atoms with Crippen molar-refractivity contribution in [3.8, 4) is 6.19 Å². The molecule has 0 aliphatic carbocycles. The zero-order chi connectivity index (χ0) is 7.40. The zero-order valence-electron chi connectivity index (χ0n) is 5.16. The Morgan fingerprint density at radius 3 is 2.40 bits per heavy atom. The smallest absolute Gasteiger partial charge is 0.188 e. The fourth-order valence-electron chi connectivity index (χ4n) is 0.617. The molecule has 0 bridgehead atoms. The van der Waals surface area contributed by atoms with E-state index in [4.69, 9.17) is 17.0 Å². The molecule has 0 aliphatic heterocycles. The van der Waals surface area contributed by atoms with Crippen LogP contribution in [0.1, 0.15) is 0 Å². The first-order chi connectivity index (χ1) is 4.84. The minimum absolute atomic E-state index is 0.687. The summed E-state index contributed by atoms with van der Waals surface area (Å²) in [6.07, 6.45) is 1.78. The van der Waals surface area contributed by atoms with Crippen molar-refractivity contribution in [2.45, 2.75) is 0 Å². The molecule has 50 valence electrons. The van der Waals surface area contributed by atoms with Crippen LogP contribution in [0.25, 0.3) is 0 Å². The van der Waals surface area contributed by atoms with Gasteiger partial charge in [0, 0.05) is 11.8 Å². The Kier molecular flexibility index (Phi) is 2.14. The standard InChI is InChI=1S/C7H5ClN2/c8-10(6-9)7-4-2-1-3-5-7/h1-5H. The molecule has 3 heteroatoms. The van der Waals surface area contributed by atoms with Crippen LogP contribution in [0.2, 0.25) is 0 Å². The third-order valence-corrected chi connectivity index (χ3v) is 1.34. The van der Waals surface area contributed by atoms with Crippen molar-refractivity contribution in [2.75, 3.05) is 4.42 Å². The molecule has 0 atom stereocenters. The van der Waals surface area contributed by atoms with Gasteiger partial charge in [-0.3, -0.25) is 0 Å². The quantitative estimate of drug-likeness (QED) is 0.350. The maximum atomic E-state index is 8.33. The zero-order valence-corrected chi connectivity index (χ0v) is 5.92. The molecule has 1 aromatic carbocycles. The molecule has 1 rings (SSSR count). The lowest BCUT2D eigenvalue weighted by atomic mass is 10.3. The van der Waals surface area contributed by atoms with Crippen molar-refractivity contribution >= 4 is 17.5 Å². The van der Waals surface area contributed by atoms with Crippen molar-refractivity contribution in [2.24, 2.45) is 0 Å². The summed E-state index contributed by atoms with van der Waals surface area (Å²) < 4.78 is 0.986. The van der Waals surface area contributed by atoms with Crippen LogP contribution in [0.3, 0.4) is 0 Å². The molecule has 0 unspecified atom stereocenters. The average Bonchev–Trinajstić information content (AvgIpc) is 2.05. The van der Waals surface area contributed by atoms with Gasteiger partial charge in [-0.15, -0.1) is 0 Å². The highest BCUT2D eigenvalue weighted by Gasteiger charge is 1.96. The van der Waals surface area contributed by atoms with E-state index in [0.717, 1.165) is 4.42 Å². The van der Waals surface area contributed by atoms with Crippen LogP contribution in [-0.4, -0.2) is 0 Å². The molecule has 0 saturated carbocycles. The number of rotatable bonds is 1. The summed E-state index contributed by atoms with van der Waals surface area (Å²) >= 11 is 5.46. The van der Waals surface area contributed by atoms with Gasteiger partial charge in [0.25, 0.3) is 0 Å². The van der Waals surface area contributed by atoms with E-state index in [1.807, 2.05) is 18.2 Å². The van der Waals surface area contributed by atoms with E-state index in [2.05, 4.69) is 0 Å². The highest BCUT2D eigenvalue weighted by molar-refractivity contribution is 6.27. The van der Waals surface area contributed by atoms with Gasteiger partial charge in [-0.05, 0) is 12.1 Å². The van der Waals surface area contributed by atoms with Gasteiger partial charge >= 0.3 is 0 Å². The van der Waals surface area contributed by atoms with Crippen molar-refractivity contribution in [1.29, 1.82) is 5.26 Å². The predicted octanol–water partition coefficient (Wildman–Crippen LogP) is 2.13. The molecule has 1 aromatic rings. The summed E-state index contributed by atoms with van der Waals surface area (Å²) in [6, 6.07) is 9.03. The molecule has 0 aliphatic rings. The number of nitrogens with zero attached hydrogens (tertiary/aromatic N) is 2. The molecule has 0 fully saturated rings. The third kappa shape index (κ3) is 1.40. The van der Waals surface area contributed by atoms with Crippen molar-refractivity contribution in [3.05, 3.63) is 30.3 Å². The first-order valence-electron chi connectivity index (χ1n) is 2.75. The number of halogens is 1. The second-order valence-electron chi connectivity index (χ2n) is 1.72. The minimum atomic E-state index is 0.687. The second kappa shape index (κ2) is 3.09. The maximum absolute atomic E-state index is 8.33.